The van der Waals surface area contributed by atoms with Gasteiger partial charge < -0.3 is 4.57 Å². The number of carbonyl (C=O) groups excluding carboxylic acids is 1. The molecule has 0 bridgehead atoms. The predicted octanol–water partition coefficient (Wildman–Crippen LogP) is 5.12. The summed E-state index contributed by atoms with van der Waals surface area (Å²) in [6.45, 7) is 4.84. The van der Waals surface area contributed by atoms with Crippen LogP contribution in [0.3, 0.4) is 0 Å². The van der Waals surface area contributed by atoms with Crippen molar-refractivity contribution in [1.82, 2.24) is 9.55 Å². The maximum absolute atomic E-state index is 12.5. The number of hydrogen-bond acceptors (Lipinski definition) is 2. The number of aromatic nitrogens is 2. The second-order valence-corrected chi connectivity index (χ2v) is 7.18. The van der Waals surface area contributed by atoms with Gasteiger partial charge in [-0.2, -0.15) is 0 Å². The number of hydrogen-bond donors (Lipinski definition) is 0. The molecule has 0 spiro atoms. The third kappa shape index (κ3) is 3.10. The van der Waals surface area contributed by atoms with Crippen molar-refractivity contribution in [3.05, 3.63) is 76.9 Å². The summed E-state index contributed by atoms with van der Waals surface area (Å²) in [5, 5.41) is 0. The molecular weight excluding hydrogens is 320 g/mol. The van der Waals surface area contributed by atoms with Gasteiger partial charge in [-0.3, -0.25) is 4.79 Å². The number of carbonyl (C=O) groups is 1. The molecule has 1 aromatic heterocycles. The largest absolute Gasteiger partial charge is 0.321 e. The zero-order valence-electron chi connectivity index (χ0n) is 15.5. The van der Waals surface area contributed by atoms with E-state index in [4.69, 9.17) is 0 Å². The smallest absolute Gasteiger partial charge is 0.181 e. The Hall–Kier alpha value is -2.68. The van der Waals surface area contributed by atoms with Crippen LogP contribution in [0, 0.1) is 13.8 Å². The highest BCUT2D eigenvalue weighted by molar-refractivity contribution is 5.96. The third-order valence-electron chi connectivity index (χ3n) is 5.31. The second-order valence-electron chi connectivity index (χ2n) is 7.18. The standard InChI is InChI=1S/C23H24N2O/c1-16-7-3-4-8-20(16)19-13-11-18(12-14-19)15-25-17(2)24-21-9-5-6-10-22(26)23(21)25/h3-4,7-8,11-14H,5-6,9-10,15H2,1-2H3. The summed E-state index contributed by atoms with van der Waals surface area (Å²) >= 11 is 0. The van der Waals surface area contributed by atoms with Gasteiger partial charge in [-0.15, -0.1) is 0 Å². The van der Waals surface area contributed by atoms with Crippen molar-refractivity contribution in [2.45, 2.75) is 46.1 Å². The SMILES string of the molecule is Cc1ccccc1-c1ccc(Cn2c(C)nc3c2C(=O)CCCC3)cc1. The van der Waals surface area contributed by atoms with Gasteiger partial charge in [0.2, 0.25) is 0 Å². The van der Waals surface area contributed by atoms with E-state index < -0.39 is 0 Å². The minimum absolute atomic E-state index is 0.245. The van der Waals surface area contributed by atoms with Gasteiger partial charge in [0.05, 0.1) is 5.69 Å². The van der Waals surface area contributed by atoms with Gasteiger partial charge in [-0.05, 0) is 55.4 Å². The van der Waals surface area contributed by atoms with Gasteiger partial charge in [0.1, 0.15) is 11.5 Å². The summed E-state index contributed by atoms with van der Waals surface area (Å²) in [5.41, 5.74) is 6.79. The highest BCUT2D eigenvalue weighted by atomic mass is 16.1. The summed E-state index contributed by atoms with van der Waals surface area (Å²) in [4.78, 5) is 17.2. The van der Waals surface area contributed by atoms with E-state index in [0.717, 1.165) is 36.5 Å². The van der Waals surface area contributed by atoms with Gasteiger partial charge in [0, 0.05) is 13.0 Å². The molecule has 4 rings (SSSR count). The van der Waals surface area contributed by atoms with Crippen LogP contribution in [0.5, 0.6) is 0 Å². The molecule has 3 heteroatoms. The summed E-state index contributed by atoms with van der Waals surface area (Å²) in [6.07, 6.45) is 3.59. The fourth-order valence-electron chi connectivity index (χ4n) is 3.87. The van der Waals surface area contributed by atoms with Crippen LogP contribution in [-0.4, -0.2) is 15.3 Å². The summed E-state index contributed by atoms with van der Waals surface area (Å²) in [6, 6.07) is 17.1. The fourth-order valence-corrected chi connectivity index (χ4v) is 3.87. The number of Topliss-reactive ketones (excluding diaryl/α,β-unsaturated/α-hetero) is 1. The Balaban J connectivity index is 1.64. The molecule has 0 N–H and O–H groups in total. The molecule has 0 atom stereocenters. The fraction of sp³-hybridized carbons (Fsp3) is 0.304. The number of aryl methyl sites for hydroxylation is 3. The lowest BCUT2D eigenvalue weighted by Gasteiger charge is -2.11. The summed E-state index contributed by atoms with van der Waals surface area (Å²) in [7, 11) is 0. The molecule has 0 saturated carbocycles. The first-order valence-corrected chi connectivity index (χ1v) is 9.37. The lowest BCUT2D eigenvalue weighted by molar-refractivity contribution is 0.0973. The van der Waals surface area contributed by atoms with Crippen LogP contribution in [0.4, 0.5) is 0 Å². The molecule has 132 valence electrons. The van der Waals surface area contributed by atoms with E-state index in [1.165, 1.54) is 22.3 Å². The Bertz CT molecular complexity index is 951. The lowest BCUT2D eigenvalue weighted by Crippen LogP contribution is -2.12. The number of benzene rings is 2. The van der Waals surface area contributed by atoms with Crippen molar-refractivity contribution in [3.8, 4) is 11.1 Å². The minimum Gasteiger partial charge on any atom is -0.321 e. The molecule has 0 fully saturated rings. The highest BCUT2D eigenvalue weighted by Crippen LogP contribution is 2.25. The van der Waals surface area contributed by atoms with Crippen LogP contribution in [0.25, 0.3) is 11.1 Å². The lowest BCUT2D eigenvalue weighted by atomic mass is 9.99. The number of rotatable bonds is 3. The molecule has 1 aliphatic rings. The Morgan fingerprint density at radius 1 is 0.962 bits per heavy atom. The van der Waals surface area contributed by atoms with Crippen molar-refractivity contribution >= 4 is 5.78 Å². The maximum Gasteiger partial charge on any atom is 0.181 e. The average Bonchev–Trinajstić information content (AvgIpc) is 2.83. The molecule has 1 aliphatic carbocycles. The van der Waals surface area contributed by atoms with Crippen LogP contribution < -0.4 is 0 Å². The van der Waals surface area contributed by atoms with E-state index in [0.29, 0.717) is 13.0 Å². The van der Waals surface area contributed by atoms with E-state index in [9.17, 15) is 4.79 Å². The normalized spacial score (nSPS) is 14.2. The minimum atomic E-state index is 0.245. The second kappa shape index (κ2) is 6.91. The maximum atomic E-state index is 12.5. The summed E-state index contributed by atoms with van der Waals surface area (Å²) in [5.74, 6) is 1.18. The molecule has 0 radical (unpaired) electrons. The Morgan fingerprint density at radius 3 is 2.46 bits per heavy atom. The zero-order chi connectivity index (χ0) is 18.1. The number of ketones is 1. The molecule has 3 aromatic rings. The molecule has 0 saturated heterocycles. The van der Waals surface area contributed by atoms with Gasteiger partial charge in [0.15, 0.2) is 5.78 Å². The predicted molar refractivity (Wildman–Crippen MR) is 105 cm³/mol. The molecule has 2 aromatic carbocycles. The molecular formula is C23H24N2O. The average molecular weight is 344 g/mol. The van der Waals surface area contributed by atoms with Crippen LogP contribution >= 0.6 is 0 Å². The first kappa shape index (κ1) is 16.8. The van der Waals surface area contributed by atoms with Crippen molar-refractivity contribution < 1.29 is 4.79 Å². The summed E-state index contributed by atoms with van der Waals surface area (Å²) < 4.78 is 2.10. The Labute approximate surface area is 154 Å². The topological polar surface area (TPSA) is 34.9 Å². The van der Waals surface area contributed by atoms with E-state index in [2.05, 4.69) is 65.0 Å². The van der Waals surface area contributed by atoms with Crippen LogP contribution in [0.1, 0.15) is 52.4 Å². The van der Waals surface area contributed by atoms with E-state index in [-0.39, 0.29) is 5.78 Å². The number of fused-ring (bicyclic) bond motifs is 1. The Kier molecular flexibility index (Phi) is 4.46. The number of nitrogens with zero attached hydrogens (tertiary/aromatic N) is 2. The van der Waals surface area contributed by atoms with Crippen molar-refractivity contribution in [1.29, 1.82) is 0 Å². The van der Waals surface area contributed by atoms with Crippen molar-refractivity contribution in [2.75, 3.05) is 0 Å². The van der Waals surface area contributed by atoms with Crippen molar-refractivity contribution in [2.24, 2.45) is 0 Å². The molecule has 0 amide bonds. The van der Waals surface area contributed by atoms with Gasteiger partial charge in [-0.25, -0.2) is 4.98 Å². The van der Waals surface area contributed by atoms with Crippen LogP contribution in [0.15, 0.2) is 48.5 Å². The van der Waals surface area contributed by atoms with Gasteiger partial charge in [0.25, 0.3) is 0 Å². The van der Waals surface area contributed by atoms with Gasteiger partial charge in [-0.1, -0.05) is 48.5 Å². The highest BCUT2D eigenvalue weighted by Gasteiger charge is 2.23. The van der Waals surface area contributed by atoms with Crippen LogP contribution in [0.2, 0.25) is 0 Å². The molecule has 0 unspecified atom stereocenters. The van der Waals surface area contributed by atoms with E-state index >= 15 is 0 Å². The van der Waals surface area contributed by atoms with Crippen LogP contribution in [-0.2, 0) is 13.0 Å². The molecule has 0 aliphatic heterocycles. The van der Waals surface area contributed by atoms with E-state index in [1.54, 1.807) is 0 Å². The Morgan fingerprint density at radius 2 is 1.69 bits per heavy atom. The number of imidazole rings is 1. The van der Waals surface area contributed by atoms with Gasteiger partial charge >= 0.3 is 0 Å². The van der Waals surface area contributed by atoms with Crippen molar-refractivity contribution in [3.63, 3.8) is 0 Å². The molecule has 1 heterocycles. The molecule has 26 heavy (non-hydrogen) atoms. The molecule has 3 nitrogen and oxygen atoms in total. The first-order valence-electron chi connectivity index (χ1n) is 9.37. The first-order chi connectivity index (χ1) is 12.6. The zero-order valence-corrected chi connectivity index (χ0v) is 15.5. The third-order valence-corrected chi connectivity index (χ3v) is 5.31. The van der Waals surface area contributed by atoms with E-state index in [1.807, 2.05) is 6.92 Å². The quantitative estimate of drug-likeness (QED) is 0.618. The monoisotopic (exact) mass is 344 g/mol.